The minimum absolute atomic E-state index is 0.115. The highest BCUT2D eigenvalue weighted by Gasteiger charge is 2.21. The van der Waals surface area contributed by atoms with Crippen LogP contribution in [-0.4, -0.2) is 6.54 Å². The molecule has 1 nitrogen and oxygen atoms in total. The molecule has 1 aromatic carbocycles. The van der Waals surface area contributed by atoms with Gasteiger partial charge in [-0.1, -0.05) is 13.0 Å². The Morgan fingerprint density at radius 2 is 1.95 bits per heavy atom. The SMILES string of the molecule is CCNC(Cc1sccc1Br)c1c(F)cccc1F. The average Bonchev–Trinajstić information content (AvgIpc) is 2.75. The summed E-state index contributed by atoms with van der Waals surface area (Å²) in [7, 11) is 0. The highest BCUT2D eigenvalue weighted by molar-refractivity contribution is 9.10. The monoisotopic (exact) mass is 345 g/mol. The van der Waals surface area contributed by atoms with Gasteiger partial charge >= 0.3 is 0 Å². The summed E-state index contributed by atoms with van der Waals surface area (Å²) in [6.07, 6.45) is 0.559. The van der Waals surface area contributed by atoms with Gasteiger partial charge in [-0.3, -0.25) is 0 Å². The Kier molecular flexibility index (Phi) is 5.07. The molecule has 0 radical (unpaired) electrons. The van der Waals surface area contributed by atoms with E-state index in [0.717, 1.165) is 9.35 Å². The zero-order valence-corrected chi connectivity index (χ0v) is 12.8. The van der Waals surface area contributed by atoms with Crippen molar-refractivity contribution >= 4 is 27.3 Å². The van der Waals surface area contributed by atoms with E-state index in [4.69, 9.17) is 0 Å². The van der Waals surface area contributed by atoms with Crippen LogP contribution < -0.4 is 5.32 Å². The second kappa shape index (κ2) is 6.59. The summed E-state index contributed by atoms with van der Waals surface area (Å²) in [5, 5.41) is 5.11. The van der Waals surface area contributed by atoms with Crippen LogP contribution in [-0.2, 0) is 6.42 Å². The molecule has 1 aromatic heterocycles. The van der Waals surface area contributed by atoms with E-state index in [1.54, 1.807) is 11.3 Å². The molecule has 1 heterocycles. The van der Waals surface area contributed by atoms with Crippen molar-refractivity contribution in [2.75, 3.05) is 6.54 Å². The quantitative estimate of drug-likeness (QED) is 0.829. The van der Waals surface area contributed by atoms with Crippen molar-refractivity contribution in [2.24, 2.45) is 0 Å². The van der Waals surface area contributed by atoms with Crippen LogP contribution in [0.15, 0.2) is 34.1 Å². The standard InChI is InChI=1S/C14H14BrF2NS/c1-2-18-12(8-13-9(15)6-7-19-13)14-10(16)4-3-5-11(14)17/h3-7,12,18H,2,8H2,1H3. The van der Waals surface area contributed by atoms with Gasteiger partial charge in [-0.2, -0.15) is 0 Å². The fourth-order valence-electron chi connectivity index (χ4n) is 2.02. The molecule has 0 saturated heterocycles. The molecule has 102 valence electrons. The molecule has 0 amide bonds. The van der Waals surface area contributed by atoms with Crippen molar-refractivity contribution < 1.29 is 8.78 Å². The smallest absolute Gasteiger partial charge is 0.130 e. The molecule has 19 heavy (non-hydrogen) atoms. The average molecular weight is 346 g/mol. The lowest BCUT2D eigenvalue weighted by molar-refractivity contribution is 0.474. The zero-order valence-electron chi connectivity index (χ0n) is 10.4. The van der Waals surface area contributed by atoms with Gasteiger partial charge in [0.15, 0.2) is 0 Å². The van der Waals surface area contributed by atoms with Gasteiger partial charge in [-0.05, 0) is 46.1 Å². The van der Waals surface area contributed by atoms with Crippen LogP contribution >= 0.6 is 27.3 Å². The predicted molar refractivity (Wildman–Crippen MR) is 78.5 cm³/mol. The minimum Gasteiger partial charge on any atom is -0.310 e. The molecule has 0 saturated carbocycles. The molecule has 1 N–H and O–H groups in total. The number of hydrogen-bond acceptors (Lipinski definition) is 2. The third-order valence-electron chi connectivity index (χ3n) is 2.88. The van der Waals surface area contributed by atoms with Crippen LogP contribution in [0.2, 0.25) is 0 Å². The molecular formula is C14H14BrF2NS. The summed E-state index contributed by atoms with van der Waals surface area (Å²) in [6, 6.07) is 5.57. The molecule has 2 rings (SSSR count). The van der Waals surface area contributed by atoms with Crippen molar-refractivity contribution in [3.05, 3.63) is 56.2 Å². The normalized spacial score (nSPS) is 12.6. The fraction of sp³-hybridized carbons (Fsp3) is 0.286. The highest BCUT2D eigenvalue weighted by Crippen LogP contribution is 2.30. The Hall–Kier alpha value is -0.780. The van der Waals surface area contributed by atoms with E-state index in [1.807, 2.05) is 18.4 Å². The van der Waals surface area contributed by atoms with Gasteiger partial charge in [0, 0.05) is 27.4 Å². The number of nitrogens with one attached hydrogen (secondary N) is 1. The first-order valence-corrected chi connectivity index (χ1v) is 7.70. The van der Waals surface area contributed by atoms with Crippen LogP contribution in [0.25, 0.3) is 0 Å². The lowest BCUT2D eigenvalue weighted by Crippen LogP contribution is -2.24. The second-order valence-electron chi connectivity index (χ2n) is 4.14. The first kappa shape index (κ1) is 14.6. The van der Waals surface area contributed by atoms with E-state index in [2.05, 4.69) is 21.2 Å². The molecular weight excluding hydrogens is 332 g/mol. The molecule has 0 bridgehead atoms. The molecule has 0 spiro atoms. The summed E-state index contributed by atoms with van der Waals surface area (Å²) in [5.74, 6) is -1.00. The molecule has 0 aliphatic carbocycles. The molecule has 0 aliphatic rings. The van der Waals surface area contributed by atoms with E-state index >= 15 is 0 Å². The van der Waals surface area contributed by atoms with Crippen LogP contribution in [0.4, 0.5) is 8.78 Å². The highest BCUT2D eigenvalue weighted by atomic mass is 79.9. The molecule has 1 atom stereocenters. The summed E-state index contributed by atoms with van der Waals surface area (Å²) in [5.41, 5.74) is 0.115. The van der Waals surface area contributed by atoms with Crippen molar-refractivity contribution in [1.29, 1.82) is 0 Å². The van der Waals surface area contributed by atoms with Crippen LogP contribution in [0.1, 0.15) is 23.4 Å². The Bertz CT molecular complexity index is 536. The van der Waals surface area contributed by atoms with Gasteiger partial charge in [-0.15, -0.1) is 11.3 Å². The molecule has 5 heteroatoms. The third-order valence-corrected chi connectivity index (χ3v) is 4.83. The second-order valence-corrected chi connectivity index (χ2v) is 6.00. The van der Waals surface area contributed by atoms with Gasteiger partial charge in [-0.25, -0.2) is 8.78 Å². The number of likely N-dealkylation sites (N-methyl/N-ethyl adjacent to an activating group) is 1. The zero-order chi connectivity index (χ0) is 13.8. The van der Waals surface area contributed by atoms with E-state index in [9.17, 15) is 8.78 Å². The largest absolute Gasteiger partial charge is 0.310 e. The van der Waals surface area contributed by atoms with Crippen LogP contribution in [0, 0.1) is 11.6 Å². The minimum atomic E-state index is -0.501. The maximum absolute atomic E-state index is 13.9. The van der Waals surface area contributed by atoms with Gasteiger partial charge < -0.3 is 5.32 Å². The summed E-state index contributed by atoms with van der Waals surface area (Å²) >= 11 is 5.03. The summed E-state index contributed by atoms with van der Waals surface area (Å²) < 4.78 is 28.7. The third kappa shape index (κ3) is 3.41. The van der Waals surface area contributed by atoms with E-state index < -0.39 is 11.6 Å². The maximum atomic E-state index is 13.9. The Morgan fingerprint density at radius 1 is 1.26 bits per heavy atom. The summed E-state index contributed by atoms with van der Waals surface area (Å²) in [4.78, 5) is 1.08. The van der Waals surface area contributed by atoms with Gasteiger partial charge in [0.2, 0.25) is 0 Å². The molecule has 1 unspecified atom stereocenters. The first-order valence-electron chi connectivity index (χ1n) is 6.02. The Balaban J connectivity index is 2.32. The fourth-order valence-corrected chi connectivity index (χ4v) is 3.58. The van der Waals surface area contributed by atoms with Crippen molar-refractivity contribution in [3.63, 3.8) is 0 Å². The van der Waals surface area contributed by atoms with Gasteiger partial charge in [0.1, 0.15) is 11.6 Å². The van der Waals surface area contributed by atoms with Gasteiger partial charge in [0.25, 0.3) is 0 Å². The number of rotatable bonds is 5. The van der Waals surface area contributed by atoms with E-state index in [-0.39, 0.29) is 11.6 Å². The van der Waals surface area contributed by atoms with E-state index in [0.29, 0.717) is 13.0 Å². The maximum Gasteiger partial charge on any atom is 0.130 e. The number of hydrogen-bond donors (Lipinski definition) is 1. The molecule has 0 aliphatic heterocycles. The van der Waals surface area contributed by atoms with Gasteiger partial charge in [0.05, 0.1) is 0 Å². The van der Waals surface area contributed by atoms with Crippen LogP contribution in [0.5, 0.6) is 0 Å². The van der Waals surface area contributed by atoms with Crippen molar-refractivity contribution in [3.8, 4) is 0 Å². The van der Waals surface area contributed by atoms with Crippen molar-refractivity contribution in [1.82, 2.24) is 5.32 Å². The number of thiophene rings is 1. The Morgan fingerprint density at radius 3 is 2.47 bits per heavy atom. The van der Waals surface area contributed by atoms with E-state index in [1.165, 1.54) is 18.2 Å². The van der Waals surface area contributed by atoms with Crippen LogP contribution in [0.3, 0.4) is 0 Å². The van der Waals surface area contributed by atoms with Crippen molar-refractivity contribution in [2.45, 2.75) is 19.4 Å². The molecule has 0 fully saturated rings. The predicted octanol–water partition coefficient (Wildman–Crippen LogP) is 4.68. The topological polar surface area (TPSA) is 12.0 Å². The summed E-state index contributed by atoms with van der Waals surface area (Å²) in [6.45, 7) is 2.58. The number of halogens is 3. The first-order chi connectivity index (χ1) is 9.13. The molecule has 2 aromatic rings. The lowest BCUT2D eigenvalue weighted by Gasteiger charge is -2.19. The lowest BCUT2D eigenvalue weighted by atomic mass is 10.0. The Labute approximate surface area is 123 Å². The number of benzene rings is 1.